The molecule has 88 valence electrons. The van der Waals surface area contributed by atoms with Gasteiger partial charge in [0.1, 0.15) is 5.82 Å². The average molecular weight is 247 g/mol. The third kappa shape index (κ3) is 1.85. The molecule has 0 radical (unpaired) electrons. The summed E-state index contributed by atoms with van der Waals surface area (Å²) in [4.78, 5) is 9.78. The summed E-state index contributed by atoms with van der Waals surface area (Å²) in [5.41, 5.74) is 7.14. The number of nitrogens with two attached hydrogens (primary N) is 1. The topological polar surface area (TPSA) is 61.1 Å². The first-order valence-corrected chi connectivity index (χ1v) is 6.26. The maximum atomic E-state index is 6.13. The monoisotopic (exact) mass is 247 g/mol. The van der Waals surface area contributed by atoms with Crippen LogP contribution in [0.3, 0.4) is 0 Å². The Balaban J connectivity index is 1.83. The molecule has 0 aliphatic carbocycles. The normalized spacial score (nSPS) is 13.3. The van der Waals surface area contributed by atoms with E-state index >= 15 is 0 Å². The molecule has 0 fully saturated rings. The Morgan fingerprint density at radius 3 is 3.06 bits per heavy atom. The van der Waals surface area contributed by atoms with E-state index in [-0.39, 0.29) is 6.04 Å². The van der Waals surface area contributed by atoms with Gasteiger partial charge in [0.2, 0.25) is 0 Å². The minimum atomic E-state index is -0.111. The standard InChI is InChI=1S/C11H13N5S/c1-15-3-2-13-10(15)9(12)6-8-7-16-4-5-17-11(16)14-8/h2-5,7,9H,6,12H2,1H3. The van der Waals surface area contributed by atoms with Crippen molar-refractivity contribution in [2.24, 2.45) is 12.8 Å². The molecule has 0 aliphatic heterocycles. The molecule has 2 N–H and O–H groups in total. The average Bonchev–Trinajstić information content (AvgIpc) is 2.92. The number of rotatable bonds is 3. The molecule has 3 aromatic heterocycles. The van der Waals surface area contributed by atoms with Crippen LogP contribution in [0.1, 0.15) is 17.6 Å². The third-order valence-electron chi connectivity index (χ3n) is 2.76. The third-order valence-corrected chi connectivity index (χ3v) is 3.53. The maximum Gasteiger partial charge on any atom is 0.193 e. The van der Waals surface area contributed by atoms with Gasteiger partial charge in [-0.3, -0.25) is 4.40 Å². The molecule has 17 heavy (non-hydrogen) atoms. The van der Waals surface area contributed by atoms with Gasteiger partial charge in [-0.15, -0.1) is 11.3 Å². The summed E-state index contributed by atoms with van der Waals surface area (Å²) in [6, 6.07) is -0.111. The zero-order valence-electron chi connectivity index (χ0n) is 9.45. The van der Waals surface area contributed by atoms with E-state index in [1.807, 2.05) is 40.0 Å². The summed E-state index contributed by atoms with van der Waals surface area (Å²) in [6.45, 7) is 0. The van der Waals surface area contributed by atoms with Crippen LogP contribution in [0.15, 0.2) is 30.2 Å². The lowest BCUT2D eigenvalue weighted by Crippen LogP contribution is -2.17. The molecule has 0 aromatic carbocycles. The van der Waals surface area contributed by atoms with Crippen molar-refractivity contribution in [1.29, 1.82) is 0 Å². The zero-order chi connectivity index (χ0) is 11.8. The van der Waals surface area contributed by atoms with Crippen LogP contribution in [0.5, 0.6) is 0 Å². The van der Waals surface area contributed by atoms with Crippen LogP contribution in [-0.2, 0) is 13.5 Å². The van der Waals surface area contributed by atoms with Crippen LogP contribution in [0, 0.1) is 0 Å². The van der Waals surface area contributed by atoms with Crippen LogP contribution < -0.4 is 5.73 Å². The fraction of sp³-hybridized carbons (Fsp3) is 0.273. The van der Waals surface area contributed by atoms with Crippen LogP contribution >= 0.6 is 11.3 Å². The number of hydrogen-bond donors (Lipinski definition) is 1. The van der Waals surface area contributed by atoms with Crippen molar-refractivity contribution in [3.63, 3.8) is 0 Å². The van der Waals surface area contributed by atoms with E-state index in [1.54, 1.807) is 17.5 Å². The smallest absolute Gasteiger partial charge is 0.193 e. The number of imidazole rings is 2. The van der Waals surface area contributed by atoms with Gasteiger partial charge in [-0.25, -0.2) is 9.97 Å². The van der Waals surface area contributed by atoms with Gasteiger partial charge >= 0.3 is 0 Å². The number of aromatic nitrogens is 4. The highest BCUT2D eigenvalue weighted by atomic mass is 32.1. The minimum Gasteiger partial charge on any atom is -0.337 e. The minimum absolute atomic E-state index is 0.111. The second kappa shape index (κ2) is 3.97. The summed E-state index contributed by atoms with van der Waals surface area (Å²) < 4.78 is 3.97. The quantitative estimate of drug-likeness (QED) is 0.760. The molecule has 5 nitrogen and oxygen atoms in total. The number of nitrogens with zero attached hydrogens (tertiary/aromatic N) is 4. The van der Waals surface area contributed by atoms with Gasteiger partial charge in [-0.05, 0) is 0 Å². The number of aryl methyl sites for hydroxylation is 1. The fourth-order valence-corrected chi connectivity index (χ4v) is 2.64. The van der Waals surface area contributed by atoms with Crippen LogP contribution in [0.25, 0.3) is 4.96 Å². The van der Waals surface area contributed by atoms with E-state index in [0.717, 1.165) is 16.5 Å². The Hall–Kier alpha value is -1.66. The van der Waals surface area contributed by atoms with Gasteiger partial charge in [-0.2, -0.15) is 0 Å². The molecule has 0 spiro atoms. The predicted molar refractivity (Wildman–Crippen MR) is 66.9 cm³/mol. The van der Waals surface area contributed by atoms with Crippen molar-refractivity contribution in [3.8, 4) is 0 Å². The van der Waals surface area contributed by atoms with Gasteiger partial charge < -0.3 is 10.3 Å². The first-order valence-electron chi connectivity index (χ1n) is 5.38. The molecule has 1 unspecified atom stereocenters. The highest BCUT2D eigenvalue weighted by Crippen LogP contribution is 2.16. The van der Waals surface area contributed by atoms with Crippen molar-refractivity contribution in [1.82, 2.24) is 18.9 Å². The molecule has 3 heterocycles. The van der Waals surface area contributed by atoms with Crippen molar-refractivity contribution in [3.05, 3.63) is 41.7 Å². The van der Waals surface area contributed by atoms with Gasteiger partial charge in [-0.1, -0.05) is 0 Å². The second-order valence-corrected chi connectivity index (χ2v) is 4.91. The van der Waals surface area contributed by atoms with E-state index < -0.39 is 0 Å². The number of fused-ring (bicyclic) bond motifs is 1. The Bertz CT molecular complexity index is 606. The van der Waals surface area contributed by atoms with E-state index in [0.29, 0.717) is 6.42 Å². The van der Waals surface area contributed by atoms with Gasteiger partial charge in [0, 0.05) is 43.6 Å². The summed E-state index contributed by atoms with van der Waals surface area (Å²) in [5.74, 6) is 0.890. The lowest BCUT2D eigenvalue weighted by Gasteiger charge is -2.09. The largest absolute Gasteiger partial charge is 0.337 e. The Kier molecular flexibility index (Phi) is 2.45. The van der Waals surface area contributed by atoms with Gasteiger partial charge in [0.25, 0.3) is 0 Å². The van der Waals surface area contributed by atoms with E-state index in [1.165, 1.54) is 0 Å². The van der Waals surface area contributed by atoms with E-state index in [9.17, 15) is 0 Å². The molecule has 3 aromatic rings. The SMILES string of the molecule is Cn1ccnc1C(N)Cc1cn2ccsc2n1. The van der Waals surface area contributed by atoms with Crippen molar-refractivity contribution in [2.45, 2.75) is 12.5 Å². The van der Waals surface area contributed by atoms with Crippen molar-refractivity contribution < 1.29 is 0 Å². The molecule has 3 rings (SSSR count). The summed E-state index contributed by atoms with van der Waals surface area (Å²) in [5, 5.41) is 2.02. The van der Waals surface area contributed by atoms with Gasteiger partial charge in [0.05, 0.1) is 11.7 Å². The highest BCUT2D eigenvalue weighted by molar-refractivity contribution is 7.15. The molecule has 0 saturated carbocycles. The van der Waals surface area contributed by atoms with Crippen LogP contribution in [0.2, 0.25) is 0 Å². The Labute approximate surface area is 103 Å². The maximum absolute atomic E-state index is 6.13. The molecule has 0 aliphatic rings. The molecule has 0 amide bonds. The summed E-state index contributed by atoms with van der Waals surface area (Å²) in [7, 11) is 1.95. The number of hydrogen-bond acceptors (Lipinski definition) is 4. The first kappa shape index (κ1) is 10.5. The lowest BCUT2D eigenvalue weighted by atomic mass is 10.1. The van der Waals surface area contributed by atoms with E-state index in [2.05, 4.69) is 9.97 Å². The second-order valence-electron chi connectivity index (χ2n) is 4.03. The van der Waals surface area contributed by atoms with Crippen LogP contribution in [0.4, 0.5) is 0 Å². The number of thiazole rings is 1. The lowest BCUT2D eigenvalue weighted by molar-refractivity contribution is 0.626. The molecular formula is C11H13N5S. The Morgan fingerprint density at radius 2 is 2.35 bits per heavy atom. The molecular weight excluding hydrogens is 234 g/mol. The summed E-state index contributed by atoms with van der Waals surface area (Å²) in [6.07, 6.45) is 8.40. The molecule has 0 saturated heterocycles. The summed E-state index contributed by atoms with van der Waals surface area (Å²) >= 11 is 1.63. The Morgan fingerprint density at radius 1 is 1.47 bits per heavy atom. The first-order chi connectivity index (χ1) is 8.24. The van der Waals surface area contributed by atoms with E-state index in [4.69, 9.17) is 5.73 Å². The molecule has 6 heteroatoms. The highest BCUT2D eigenvalue weighted by Gasteiger charge is 2.13. The van der Waals surface area contributed by atoms with Gasteiger partial charge in [0.15, 0.2) is 4.96 Å². The molecule has 1 atom stereocenters. The predicted octanol–water partition coefficient (Wildman–Crippen LogP) is 1.37. The van der Waals surface area contributed by atoms with Crippen molar-refractivity contribution >= 4 is 16.3 Å². The molecule has 0 bridgehead atoms. The fourth-order valence-electron chi connectivity index (χ4n) is 1.93. The van der Waals surface area contributed by atoms with Crippen LogP contribution in [-0.4, -0.2) is 18.9 Å². The zero-order valence-corrected chi connectivity index (χ0v) is 10.3. The van der Waals surface area contributed by atoms with Crippen molar-refractivity contribution in [2.75, 3.05) is 0 Å².